The second-order valence-electron chi connectivity index (χ2n) is 13.6. The first-order chi connectivity index (χ1) is 24.2. The van der Waals surface area contributed by atoms with Crippen LogP contribution < -0.4 is 4.90 Å². The normalized spacial score (nSPS) is 14.1. The monoisotopic (exact) mass is 629 g/mol. The van der Waals surface area contributed by atoms with Gasteiger partial charge < -0.3 is 4.90 Å². The fraction of sp³-hybridized carbons (Fsp3) is 0.125. The van der Waals surface area contributed by atoms with E-state index >= 15 is 0 Å². The second-order valence-corrected chi connectivity index (χ2v) is 13.6. The molecule has 0 amide bonds. The highest BCUT2D eigenvalue weighted by atomic mass is 15.1. The summed E-state index contributed by atoms with van der Waals surface area (Å²) in [4.78, 5) is 2.47. The Labute approximate surface area is 290 Å². The summed E-state index contributed by atoms with van der Waals surface area (Å²) in [5.41, 5.74) is 17.8. The van der Waals surface area contributed by atoms with Gasteiger partial charge in [0.15, 0.2) is 0 Å². The molecule has 2 aliphatic rings. The Bertz CT molecular complexity index is 2190. The zero-order valence-electron chi connectivity index (χ0n) is 27.9. The Morgan fingerprint density at radius 3 is 1.53 bits per heavy atom. The fourth-order valence-corrected chi connectivity index (χ4v) is 8.66. The lowest BCUT2D eigenvalue weighted by atomic mass is 9.67. The highest BCUT2D eigenvalue weighted by molar-refractivity contribution is 5.97. The quantitative estimate of drug-likeness (QED) is 0.177. The van der Waals surface area contributed by atoms with Crippen LogP contribution in [-0.2, 0) is 18.3 Å². The predicted octanol–water partition coefficient (Wildman–Crippen LogP) is 12.4. The van der Waals surface area contributed by atoms with Crippen molar-refractivity contribution in [1.29, 1.82) is 0 Å². The summed E-state index contributed by atoms with van der Waals surface area (Å²) < 4.78 is 0. The number of aryl methyl sites for hydroxylation is 3. The van der Waals surface area contributed by atoms with E-state index in [-0.39, 0.29) is 0 Å². The number of nitrogens with zero attached hydrogens (tertiary/aromatic N) is 1. The maximum atomic E-state index is 2.53. The molecule has 9 rings (SSSR count). The van der Waals surface area contributed by atoms with Crippen LogP contribution in [0.1, 0.15) is 51.8 Å². The highest BCUT2D eigenvalue weighted by Gasteiger charge is 2.46. The van der Waals surface area contributed by atoms with Crippen molar-refractivity contribution in [3.05, 3.63) is 209 Å². The SMILES string of the molecule is Cc1cc2c(cc1-c1cc3c(cc1N(c1ccccc1)c1ccccc1)C(c1ccccc1)(c1ccccc1)c1ccccc1-3)CCCC2. The lowest BCUT2D eigenvalue weighted by Crippen LogP contribution is -2.28. The molecule has 0 fully saturated rings. The van der Waals surface area contributed by atoms with Crippen molar-refractivity contribution in [2.75, 3.05) is 4.90 Å². The Balaban J connectivity index is 1.43. The number of hydrogen-bond donors (Lipinski definition) is 0. The molecule has 49 heavy (non-hydrogen) atoms. The van der Waals surface area contributed by atoms with E-state index in [1.54, 1.807) is 0 Å². The largest absolute Gasteiger partial charge is 0.310 e. The average molecular weight is 630 g/mol. The van der Waals surface area contributed by atoms with Gasteiger partial charge in [0.25, 0.3) is 0 Å². The van der Waals surface area contributed by atoms with Crippen LogP contribution >= 0.6 is 0 Å². The van der Waals surface area contributed by atoms with Gasteiger partial charge in [-0.05, 0) is 125 Å². The molecule has 0 heterocycles. The number of para-hydroxylation sites is 2. The van der Waals surface area contributed by atoms with Gasteiger partial charge in [-0.25, -0.2) is 0 Å². The third-order valence-corrected chi connectivity index (χ3v) is 10.8. The number of rotatable bonds is 6. The topological polar surface area (TPSA) is 3.24 Å². The van der Waals surface area contributed by atoms with Gasteiger partial charge in [0.2, 0.25) is 0 Å². The molecule has 0 spiro atoms. The van der Waals surface area contributed by atoms with Gasteiger partial charge in [0.05, 0.1) is 11.1 Å². The van der Waals surface area contributed by atoms with Crippen molar-refractivity contribution >= 4 is 17.1 Å². The summed E-state index contributed by atoms with van der Waals surface area (Å²) in [7, 11) is 0. The first kappa shape index (κ1) is 29.5. The molecule has 1 nitrogen and oxygen atoms in total. The van der Waals surface area contributed by atoms with E-state index in [0.29, 0.717) is 0 Å². The van der Waals surface area contributed by atoms with Crippen LogP contribution in [0.3, 0.4) is 0 Å². The summed E-state index contributed by atoms with van der Waals surface area (Å²) in [5.74, 6) is 0. The molecule has 0 atom stereocenters. The van der Waals surface area contributed by atoms with E-state index in [1.807, 2.05) is 0 Å². The van der Waals surface area contributed by atoms with Gasteiger partial charge in [0.1, 0.15) is 0 Å². The molecule has 7 aromatic rings. The molecule has 0 aliphatic heterocycles. The van der Waals surface area contributed by atoms with E-state index in [1.165, 1.54) is 86.1 Å². The fourth-order valence-electron chi connectivity index (χ4n) is 8.66. The molecule has 0 saturated carbocycles. The molecule has 0 aromatic heterocycles. The van der Waals surface area contributed by atoms with Gasteiger partial charge in [-0.3, -0.25) is 0 Å². The van der Waals surface area contributed by atoms with Gasteiger partial charge in [-0.1, -0.05) is 133 Å². The maximum Gasteiger partial charge on any atom is 0.0714 e. The minimum atomic E-state index is -0.480. The number of hydrogen-bond acceptors (Lipinski definition) is 1. The number of benzene rings is 7. The van der Waals surface area contributed by atoms with E-state index < -0.39 is 5.41 Å². The van der Waals surface area contributed by atoms with Gasteiger partial charge in [0, 0.05) is 16.9 Å². The third kappa shape index (κ3) is 4.76. The van der Waals surface area contributed by atoms with Crippen molar-refractivity contribution in [2.24, 2.45) is 0 Å². The highest BCUT2D eigenvalue weighted by Crippen LogP contribution is 2.59. The molecule has 0 bridgehead atoms. The van der Waals surface area contributed by atoms with Crippen molar-refractivity contribution in [3.63, 3.8) is 0 Å². The maximum absolute atomic E-state index is 2.53. The van der Waals surface area contributed by atoms with Crippen LogP contribution in [0.15, 0.2) is 170 Å². The standard InChI is InChI=1S/C48H39N/c1-34-30-35-18-14-15-19-36(35)31-42(34)44-32-43-41-28-16-17-29-45(41)48(37-20-6-2-7-21-37,38-22-8-3-9-23-38)46(43)33-47(44)49(39-24-10-4-11-25-39)40-26-12-5-13-27-40/h2-13,16-17,20-33H,14-15,18-19H2,1H3. The van der Waals surface area contributed by atoms with Crippen LogP contribution in [0.25, 0.3) is 22.3 Å². The molecule has 7 aromatic carbocycles. The van der Waals surface area contributed by atoms with Gasteiger partial charge in [-0.15, -0.1) is 0 Å². The predicted molar refractivity (Wildman–Crippen MR) is 205 cm³/mol. The minimum Gasteiger partial charge on any atom is -0.310 e. The Morgan fingerprint density at radius 1 is 0.429 bits per heavy atom. The van der Waals surface area contributed by atoms with E-state index in [2.05, 4.69) is 182 Å². The van der Waals surface area contributed by atoms with Crippen LogP contribution in [0.2, 0.25) is 0 Å². The summed E-state index contributed by atoms with van der Waals surface area (Å²) in [6.07, 6.45) is 4.87. The van der Waals surface area contributed by atoms with Gasteiger partial charge >= 0.3 is 0 Å². The zero-order chi connectivity index (χ0) is 32.8. The van der Waals surface area contributed by atoms with Gasteiger partial charge in [-0.2, -0.15) is 0 Å². The third-order valence-electron chi connectivity index (χ3n) is 10.8. The minimum absolute atomic E-state index is 0.480. The van der Waals surface area contributed by atoms with E-state index in [4.69, 9.17) is 0 Å². The first-order valence-corrected chi connectivity index (χ1v) is 17.7. The molecule has 0 radical (unpaired) electrons. The molecule has 1 heteroatoms. The van der Waals surface area contributed by atoms with Crippen molar-refractivity contribution in [2.45, 2.75) is 38.0 Å². The molecule has 2 aliphatic carbocycles. The summed E-state index contributed by atoms with van der Waals surface area (Å²) in [6, 6.07) is 63.2. The zero-order valence-corrected chi connectivity index (χ0v) is 27.9. The Hall–Kier alpha value is -5.66. The second kappa shape index (κ2) is 12.1. The molecule has 0 unspecified atom stereocenters. The Morgan fingerprint density at radius 2 is 0.939 bits per heavy atom. The number of fused-ring (bicyclic) bond motifs is 4. The van der Waals surface area contributed by atoms with E-state index in [0.717, 1.165) is 17.8 Å². The van der Waals surface area contributed by atoms with E-state index in [9.17, 15) is 0 Å². The lowest BCUT2D eigenvalue weighted by molar-refractivity contribution is 0.685. The van der Waals surface area contributed by atoms with Crippen molar-refractivity contribution < 1.29 is 0 Å². The number of anilines is 3. The molecular formula is C48H39N. The van der Waals surface area contributed by atoms with Crippen molar-refractivity contribution in [3.8, 4) is 22.3 Å². The van der Waals surface area contributed by atoms with Crippen LogP contribution in [-0.4, -0.2) is 0 Å². The summed E-state index contributed by atoms with van der Waals surface area (Å²) in [5, 5.41) is 0. The lowest BCUT2D eigenvalue weighted by Gasteiger charge is -2.35. The Kier molecular flexibility index (Phi) is 7.28. The molecule has 236 valence electrons. The van der Waals surface area contributed by atoms with Crippen LogP contribution in [0, 0.1) is 6.92 Å². The molecular weight excluding hydrogens is 591 g/mol. The van der Waals surface area contributed by atoms with Crippen LogP contribution in [0.4, 0.5) is 17.1 Å². The smallest absolute Gasteiger partial charge is 0.0714 e. The first-order valence-electron chi connectivity index (χ1n) is 17.7. The average Bonchev–Trinajstić information content (AvgIpc) is 3.46. The summed E-state index contributed by atoms with van der Waals surface area (Å²) in [6.45, 7) is 2.31. The van der Waals surface area contributed by atoms with Crippen LogP contribution in [0.5, 0.6) is 0 Å². The summed E-state index contributed by atoms with van der Waals surface area (Å²) >= 11 is 0. The molecule has 0 saturated heterocycles. The van der Waals surface area contributed by atoms with Crippen molar-refractivity contribution in [1.82, 2.24) is 0 Å². The molecule has 0 N–H and O–H groups in total.